The summed E-state index contributed by atoms with van der Waals surface area (Å²) in [5.41, 5.74) is 5.91. The van der Waals surface area contributed by atoms with E-state index in [0.717, 1.165) is 60.8 Å². The van der Waals surface area contributed by atoms with Crippen LogP contribution in [-0.4, -0.2) is 69.1 Å². The van der Waals surface area contributed by atoms with Gasteiger partial charge in [0.25, 0.3) is 5.91 Å². The lowest BCUT2D eigenvalue weighted by molar-refractivity contribution is 0.0696. The maximum Gasteiger partial charge on any atom is 0.335 e. The van der Waals surface area contributed by atoms with Gasteiger partial charge in [-0.05, 0) is 73.7 Å². The molecule has 6 aromatic rings. The van der Waals surface area contributed by atoms with Crippen molar-refractivity contribution in [1.82, 2.24) is 19.4 Å². The molecule has 0 unspecified atom stereocenters. The third-order valence-electron chi connectivity index (χ3n) is 11.1. The number of aromatic carboxylic acids is 1. The summed E-state index contributed by atoms with van der Waals surface area (Å²) < 4.78 is 2.02. The predicted octanol–water partition coefficient (Wildman–Crippen LogP) is 10.5. The molecule has 282 valence electrons. The molecule has 9 nitrogen and oxygen atoms in total. The highest BCUT2D eigenvalue weighted by Crippen LogP contribution is 2.43. The number of benzene rings is 4. The summed E-state index contributed by atoms with van der Waals surface area (Å²) in [6.45, 7) is 6.48. The van der Waals surface area contributed by atoms with E-state index in [2.05, 4.69) is 20.1 Å². The fraction of sp³-hybridized carbons (Fsp3) is 0.279. The molecular formula is C43H41Cl3N6O3. The molecule has 2 aliphatic rings. The van der Waals surface area contributed by atoms with E-state index in [-0.39, 0.29) is 17.3 Å². The molecule has 1 saturated carbocycles. The predicted molar refractivity (Wildman–Crippen MR) is 222 cm³/mol. The van der Waals surface area contributed by atoms with E-state index >= 15 is 0 Å². The van der Waals surface area contributed by atoms with Gasteiger partial charge in [-0.2, -0.15) is 0 Å². The van der Waals surface area contributed by atoms with Gasteiger partial charge in [-0.25, -0.2) is 9.78 Å². The number of fused-ring (bicyclic) bond motifs is 1. The quantitative estimate of drug-likeness (QED) is 0.127. The van der Waals surface area contributed by atoms with Crippen molar-refractivity contribution in [3.63, 3.8) is 0 Å². The molecule has 1 saturated heterocycles. The first-order chi connectivity index (χ1) is 26.6. The second-order valence-electron chi connectivity index (χ2n) is 14.6. The third-order valence-corrected chi connectivity index (χ3v) is 11.9. The topological polar surface area (TPSA) is 106 Å². The lowest BCUT2D eigenvalue weighted by atomic mass is 9.99. The summed E-state index contributed by atoms with van der Waals surface area (Å²) in [7, 11) is 0. The fourth-order valence-corrected chi connectivity index (χ4v) is 8.98. The highest BCUT2D eigenvalue weighted by atomic mass is 35.5. The number of imidazole rings is 1. The van der Waals surface area contributed by atoms with Crippen molar-refractivity contribution in [2.75, 3.05) is 42.9 Å². The minimum Gasteiger partial charge on any atom is -0.478 e. The van der Waals surface area contributed by atoms with Crippen LogP contribution >= 0.6 is 34.8 Å². The number of anilines is 2. The lowest BCUT2D eigenvalue weighted by Gasteiger charge is -2.38. The van der Waals surface area contributed by atoms with Gasteiger partial charge >= 0.3 is 5.97 Å². The number of rotatable bonds is 10. The summed E-state index contributed by atoms with van der Waals surface area (Å²) in [5.74, 6) is -0.743. The summed E-state index contributed by atoms with van der Waals surface area (Å²) in [6, 6.07) is 25.4. The zero-order valence-electron chi connectivity index (χ0n) is 30.4. The second kappa shape index (κ2) is 15.7. The normalized spacial score (nSPS) is 15.8. The Morgan fingerprint density at radius 3 is 2.36 bits per heavy atom. The summed E-state index contributed by atoms with van der Waals surface area (Å²) in [5, 5.41) is 15.4. The Bertz CT molecular complexity index is 2380. The molecule has 4 aromatic carbocycles. The van der Waals surface area contributed by atoms with Crippen LogP contribution < -0.4 is 10.2 Å². The maximum absolute atomic E-state index is 14.8. The fourth-order valence-electron chi connectivity index (χ4n) is 8.24. The molecule has 0 spiro atoms. The third kappa shape index (κ3) is 7.59. The number of nitrogens with zero attached hydrogens (tertiary/aromatic N) is 4. The Labute approximate surface area is 334 Å². The molecule has 12 heteroatoms. The van der Waals surface area contributed by atoms with Gasteiger partial charge in [-0.3, -0.25) is 9.69 Å². The minimum atomic E-state index is -1.07. The standard InChI is InChI=1S/C43H41Cl3N6O3/c1-26(32-14-12-30(44)22-34(32)46)52-25-47-39(28-9-3-2-4-10-28)41(52)38-33-15-13-31(45)23-35(33)48-40(38)42(53)49-36-21-29(43(54)55)11-16-37(36)51-19-17-50(18-20-51)24-27-7-5-6-8-27/h2-4,9-16,21-23,25-27,48H,5-8,17-20,24H2,1H3,(H,49,53)(H,54,55)/t26-/m0/s1. The molecule has 55 heavy (non-hydrogen) atoms. The van der Waals surface area contributed by atoms with E-state index in [0.29, 0.717) is 43.2 Å². The van der Waals surface area contributed by atoms with Gasteiger partial charge < -0.3 is 24.9 Å². The first-order valence-electron chi connectivity index (χ1n) is 18.7. The number of amides is 1. The monoisotopic (exact) mass is 794 g/mol. The number of hydrogen-bond acceptors (Lipinski definition) is 5. The Morgan fingerprint density at radius 1 is 0.909 bits per heavy atom. The number of H-pyrrole nitrogens is 1. The number of aromatic amines is 1. The Kier molecular flexibility index (Phi) is 10.6. The van der Waals surface area contributed by atoms with Gasteiger partial charge in [0.1, 0.15) is 5.69 Å². The molecular weight excluding hydrogens is 755 g/mol. The summed E-state index contributed by atoms with van der Waals surface area (Å²) >= 11 is 19.6. The van der Waals surface area contributed by atoms with Gasteiger partial charge in [0, 0.05) is 69.8 Å². The van der Waals surface area contributed by atoms with Crippen molar-refractivity contribution >= 4 is 69.0 Å². The van der Waals surface area contributed by atoms with Crippen molar-refractivity contribution in [1.29, 1.82) is 0 Å². The Balaban J connectivity index is 1.22. The van der Waals surface area contributed by atoms with Crippen molar-refractivity contribution in [3.05, 3.63) is 123 Å². The Hall–Kier alpha value is -4.80. The largest absolute Gasteiger partial charge is 0.478 e. The van der Waals surface area contributed by atoms with Crippen LogP contribution in [0.1, 0.15) is 65.1 Å². The first kappa shape index (κ1) is 37.1. The molecule has 0 radical (unpaired) electrons. The number of halogens is 3. The molecule has 8 rings (SSSR count). The molecule has 3 N–H and O–H groups in total. The molecule has 3 heterocycles. The first-order valence-corrected chi connectivity index (χ1v) is 19.8. The number of carbonyl (C=O) groups is 2. The van der Waals surface area contributed by atoms with Gasteiger partial charge in [0.2, 0.25) is 0 Å². The number of nitrogens with one attached hydrogen (secondary N) is 2. The van der Waals surface area contributed by atoms with Gasteiger partial charge in [0.05, 0.1) is 40.7 Å². The highest BCUT2D eigenvalue weighted by Gasteiger charge is 2.30. The van der Waals surface area contributed by atoms with Crippen LogP contribution in [0.25, 0.3) is 33.4 Å². The van der Waals surface area contributed by atoms with Crippen LogP contribution in [0.4, 0.5) is 11.4 Å². The second-order valence-corrected chi connectivity index (χ2v) is 15.8. The molecule has 1 aliphatic heterocycles. The van der Waals surface area contributed by atoms with Gasteiger partial charge in [-0.1, -0.05) is 90.1 Å². The number of carboxylic acids is 1. The van der Waals surface area contributed by atoms with E-state index in [1.807, 2.05) is 54.0 Å². The zero-order valence-corrected chi connectivity index (χ0v) is 32.6. The van der Waals surface area contributed by atoms with Crippen molar-refractivity contribution in [2.45, 2.75) is 38.6 Å². The number of carboxylic acid groups (broad SMARTS) is 1. The van der Waals surface area contributed by atoms with Gasteiger partial charge in [0.15, 0.2) is 0 Å². The summed E-state index contributed by atoms with van der Waals surface area (Å²) in [6.07, 6.45) is 7.01. The molecule has 2 aromatic heterocycles. The Morgan fingerprint density at radius 2 is 1.64 bits per heavy atom. The molecule has 1 aliphatic carbocycles. The van der Waals surface area contributed by atoms with Crippen LogP contribution in [0, 0.1) is 5.92 Å². The van der Waals surface area contributed by atoms with Crippen LogP contribution in [0.5, 0.6) is 0 Å². The van der Waals surface area contributed by atoms with Gasteiger partial charge in [-0.15, -0.1) is 0 Å². The molecule has 0 bridgehead atoms. The average molecular weight is 796 g/mol. The number of carbonyl (C=O) groups excluding carboxylic acids is 1. The van der Waals surface area contributed by atoms with E-state index in [9.17, 15) is 14.7 Å². The number of aromatic nitrogens is 3. The zero-order chi connectivity index (χ0) is 38.2. The van der Waals surface area contributed by atoms with Crippen LogP contribution in [0.3, 0.4) is 0 Å². The minimum absolute atomic E-state index is 0.0840. The number of piperazine rings is 1. The van der Waals surface area contributed by atoms with E-state index in [1.54, 1.807) is 48.8 Å². The van der Waals surface area contributed by atoms with Crippen LogP contribution in [0.15, 0.2) is 91.3 Å². The average Bonchev–Trinajstić information content (AvgIpc) is 3.94. The van der Waals surface area contributed by atoms with E-state index in [4.69, 9.17) is 39.8 Å². The summed E-state index contributed by atoms with van der Waals surface area (Å²) in [4.78, 5) is 40.1. The van der Waals surface area contributed by atoms with Crippen LogP contribution in [0.2, 0.25) is 15.1 Å². The van der Waals surface area contributed by atoms with E-state index < -0.39 is 11.9 Å². The SMILES string of the molecule is C[C@@H](c1ccc(Cl)cc1Cl)n1cnc(-c2ccccc2)c1-c1c(C(=O)Nc2cc(C(=O)O)ccc2N2CCN(CC3CCCC3)CC2)[nH]c2cc(Cl)ccc12. The van der Waals surface area contributed by atoms with Crippen molar-refractivity contribution < 1.29 is 14.7 Å². The van der Waals surface area contributed by atoms with Crippen molar-refractivity contribution in [3.8, 4) is 22.5 Å². The highest BCUT2D eigenvalue weighted by molar-refractivity contribution is 6.35. The van der Waals surface area contributed by atoms with Crippen molar-refractivity contribution in [2.24, 2.45) is 5.92 Å². The molecule has 2 fully saturated rings. The maximum atomic E-state index is 14.8. The molecule has 1 amide bonds. The van der Waals surface area contributed by atoms with Crippen LogP contribution in [-0.2, 0) is 0 Å². The number of hydrogen-bond donors (Lipinski definition) is 3. The van der Waals surface area contributed by atoms with E-state index in [1.165, 1.54) is 25.7 Å². The smallest absolute Gasteiger partial charge is 0.335 e. The lowest BCUT2D eigenvalue weighted by Crippen LogP contribution is -2.47. The molecule has 1 atom stereocenters.